The van der Waals surface area contributed by atoms with Crippen molar-refractivity contribution in [3.05, 3.63) is 60.2 Å². The lowest BCUT2D eigenvalue weighted by molar-refractivity contribution is -0.131. The molecule has 3 rings (SSSR count). The highest BCUT2D eigenvalue weighted by molar-refractivity contribution is 5.90. The molecule has 1 heterocycles. The van der Waals surface area contributed by atoms with Gasteiger partial charge in [0.1, 0.15) is 0 Å². The minimum Gasteiger partial charge on any atom is -0.465 e. The van der Waals surface area contributed by atoms with Crippen molar-refractivity contribution in [1.29, 1.82) is 0 Å². The molecule has 0 atom stereocenters. The number of amides is 1. The Morgan fingerprint density at radius 2 is 1.74 bits per heavy atom. The first-order chi connectivity index (χ1) is 13.2. The molecule has 6 heteroatoms. The van der Waals surface area contributed by atoms with Gasteiger partial charge in [0, 0.05) is 50.5 Å². The average molecular weight is 367 g/mol. The zero-order valence-electron chi connectivity index (χ0n) is 15.6. The van der Waals surface area contributed by atoms with Gasteiger partial charge in [0.05, 0.1) is 12.7 Å². The quantitative estimate of drug-likeness (QED) is 0.796. The van der Waals surface area contributed by atoms with Gasteiger partial charge in [0.25, 0.3) is 0 Å². The van der Waals surface area contributed by atoms with E-state index in [9.17, 15) is 9.59 Å². The Bertz CT molecular complexity index is 771. The molecule has 2 aromatic rings. The van der Waals surface area contributed by atoms with E-state index in [4.69, 9.17) is 4.74 Å². The smallest absolute Gasteiger partial charge is 0.337 e. The van der Waals surface area contributed by atoms with Gasteiger partial charge >= 0.3 is 5.97 Å². The number of nitrogens with zero attached hydrogens (tertiary/aromatic N) is 2. The first-order valence-corrected chi connectivity index (χ1v) is 9.17. The highest BCUT2D eigenvalue weighted by Gasteiger charge is 2.20. The van der Waals surface area contributed by atoms with Gasteiger partial charge in [-0.15, -0.1) is 0 Å². The van der Waals surface area contributed by atoms with Crippen LogP contribution in [0.3, 0.4) is 0 Å². The lowest BCUT2D eigenvalue weighted by Crippen LogP contribution is -2.49. The molecule has 1 fully saturated rings. The number of esters is 1. The molecule has 1 N–H and O–H groups in total. The number of hydrogen-bond acceptors (Lipinski definition) is 5. The van der Waals surface area contributed by atoms with E-state index >= 15 is 0 Å². The average Bonchev–Trinajstić information content (AvgIpc) is 2.74. The predicted molar refractivity (Wildman–Crippen MR) is 106 cm³/mol. The van der Waals surface area contributed by atoms with E-state index in [2.05, 4.69) is 22.3 Å². The molecule has 1 aliphatic heterocycles. The van der Waals surface area contributed by atoms with Crippen LogP contribution < -0.4 is 10.2 Å². The molecule has 0 saturated carbocycles. The van der Waals surface area contributed by atoms with Crippen molar-refractivity contribution in [3.63, 3.8) is 0 Å². The Balaban J connectivity index is 1.43. The third-order valence-corrected chi connectivity index (χ3v) is 4.71. The summed E-state index contributed by atoms with van der Waals surface area (Å²) >= 11 is 0. The maximum absolute atomic E-state index is 12.4. The van der Waals surface area contributed by atoms with Crippen LogP contribution in [0.25, 0.3) is 0 Å². The lowest BCUT2D eigenvalue weighted by atomic mass is 10.2. The summed E-state index contributed by atoms with van der Waals surface area (Å²) in [6.45, 7) is 3.72. The Kier molecular flexibility index (Phi) is 6.30. The second kappa shape index (κ2) is 9.07. The van der Waals surface area contributed by atoms with Crippen LogP contribution in [0.2, 0.25) is 0 Å². The fourth-order valence-corrected chi connectivity index (χ4v) is 3.20. The lowest BCUT2D eigenvalue weighted by Gasteiger charge is -2.36. The monoisotopic (exact) mass is 367 g/mol. The summed E-state index contributed by atoms with van der Waals surface area (Å²) in [6.07, 6.45) is 0.424. The second-order valence-corrected chi connectivity index (χ2v) is 6.45. The van der Waals surface area contributed by atoms with Gasteiger partial charge in [0.2, 0.25) is 5.91 Å². The van der Waals surface area contributed by atoms with Crippen molar-refractivity contribution in [2.75, 3.05) is 50.1 Å². The van der Waals surface area contributed by atoms with E-state index in [-0.39, 0.29) is 11.9 Å². The number of nitrogens with one attached hydrogen (secondary N) is 1. The standard InChI is InChI=1S/C21H25N3O3/c1-27-21(26)17-6-5-7-18(16-17)22-11-10-20(25)24-14-12-23(13-15-24)19-8-3-2-4-9-19/h2-9,16,22H,10-15H2,1H3. The molecule has 1 saturated heterocycles. The van der Waals surface area contributed by atoms with Crippen LogP contribution in [0.4, 0.5) is 11.4 Å². The van der Waals surface area contributed by atoms with Crippen molar-refractivity contribution >= 4 is 23.3 Å². The third kappa shape index (κ3) is 5.00. The molecular formula is C21H25N3O3. The minimum atomic E-state index is -0.369. The number of hydrogen-bond donors (Lipinski definition) is 1. The van der Waals surface area contributed by atoms with Crippen LogP contribution in [0.1, 0.15) is 16.8 Å². The number of methoxy groups -OCH3 is 1. The van der Waals surface area contributed by atoms with Crippen LogP contribution in [0.5, 0.6) is 0 Å². The maximum atomic E-state index is 12.4. The first-order valence-electron chi connectivity index (χ1n) is 9.17. The molecule has 0 spiro atoms. The zero-order chi connectivity index (χ0) is 19.1. The van der Waals surface area contributed by atoms with Crippen molar-refractivity contribution < 1.29 is 14.3 Å². The molecule has 6 nitrogen and oxygen atoms in total. The number of carbonyl (C=O) groups excluding carboxylic acids is 2. The first kappa shape index (κ1) is 18.8. The zero-order valence-corrected chi connectivity index (χ0v) is 15.6. The molecule has 0 bridgehead atoms. The number of para-hydroxylation sites is 1. The van der Waals surface area contributed by atoms with Crippen molar-refractivity contribution in [1.82, 2.24) is 4.90 Å². The normalized spacial score (nSPS) is 14.0. The molecular weight excluding hydrogens is 342 g/mol. The third-order valence-electron chi connectivity index (χ3n) is 4.71. The van der Waals surface area contributed by atoms with Crippen molar-refractivity contribution in [2.45, 2.75) is 6.42 Å². The van der Waals surface area contributed by atoms with Crippen LogP contribution in [0.15, 0.2) is 54.6 Å². The molecule has 2 aromatic carbocycles. The largest absolute Gasteiger partial charge is 0.465 e. The van der Waals surface area contributed by atoms with E-state index in [1.165, 1.54) is 12.8 Å². The maximum Gasteiger partial charge on any atom is 0.337 e. The topological polar surface area (TPSA) is 61.9 Å². The fraction of sp³-hybridized carbons (Fsp3) is 0.333. The Hall–Kier alpha value is -3.02. The van der Waals surface area contributed by atoms with Gasteiger partial charge in [-0.3, -0.25) is 4.79 Å². The molecule has 0 aliphatic carbocycles. The van der Waals surface area contributed by atoms with Crippen LogP contribution >= 0.6 is 0 Å². The Morgan fingerprint density at radius 3 is 2.44 bits per heavy atom. The SMILES string of the molecule is COC(=O)c1cccc(NCCC(=O)N2CCN(c3ccccc3)CC2)c1. The van der Waals surface area contributed by atoms with Crippen LogP contribution in [0, 0.1) is 0 Å². The van der Waals surface area contributed by atoms with E-state index in [1.807, 2.05) is 29.2 Å². The molecule has 0 aromatic heterocycles. The van der Waals surface area contributed by atoms with Crippen molar-refractivity contribution in [2.24, 2.45) is 0 Å². The van der Waals surface area contributed by atoms with Gasteiger partial charge in [-0.1, -0.05) is 24.3 Å². The summed E-state index contributed by atoms with van der Waals surface area (Å²) in [7, 11) is 1.36. The van der Waals surface area contributed by atoms with Crippen molar-refractivity contribution in [3.8, 4) is 0 Å². The molecule has 0 unspecified atom stereocenters. The predicted octanol–water partition coefficient (Wildman–Crippen LogP) is 2.62. The van der Waals surface area contributed by atoms with Gasteiger partial charge in [-0.25, -0.2) is 4.79 Å². The van der Waals surface area contributed by atoms with E-state index in [0.717, 1.165) is 31.9 Å². The number of piperazine rings is 1. The summed E-state index contributed by atoms with van der Waals surface area (Å²) in [4.78, 5) is 28.2. The van der Waals surface area contributed by atoms with Gasteiger partial charge < -0.3 is 19.9 Å². The van der Waals surface area contributed by atoms with E-state index in [0.29, 0.717) is 18.5 Å². The number of anilines is 2. The minimum absolute atomic E-state index is 0.152. The second-order valence-electron chi connectivity index (χ2n) is 6.45. The molecule has 1 aliphatic rings. The van der Waals surface area contributed by atoms with E-state index in [1.54, 1.807) is 18.2 Å². The summed E-state index contributed by atoms with van der Waals surface area (Å²) < 4.78 is 4.72. The Morgan fingerprint density at radius 1 is 1.00 bits per heavy atom. The summed E-state index contributed by atoms with van der Waals surface area (Å²) in [5.41, 5.74) is 2.50. The number of rotatable bonds is 6. The summed E-state index contributed by atoms with van der Waals surface area (Å²) in [5, 5.41) is 3.20. The fourth-order valence-electron chi connectivity index (χ4n) is 3.20. The van der Waals surface area contributed by atoms with E-state index < -0.39 is 0 Å². The summed E-state index contributed by atoms with van der Waals surface area (Å²) in [5.74, 6) is -0.217. The van der Waals surface area contributed by atoms with Gasteiger partial charge in [-0.05, 0) is 30.3 Å². The highest BCUT2D eigenvalue weighted by Crippen LogP contribution is 2.16. The number of carbonyl (C=O) groups is 2. The molecule has 27 heavy (non-hydrogen) atoms. The molecule has 1 amide bonds. The molecule has 142 valence electrons. The van der Waals surface area contributed by atoms with Gasteiger partial charge in [-0.2, -0.15) is 0 Å². The summed E-state index contributed by atoms with van der Waals surface area (Å²) in [6, 6.07) is 17.4. The van der Waals surface area contributed by atoms with Crippen LogP contribution in [-0.2, 0) is 9.53 Å². The number of benzene rings is 2. The Labute approximate surface area is 159 Å². The number of ether oxygens (including phenoxy) is 1. The highest BCUT2D eigenvalue weighted by atomic mass is 16.5. The molecule has 0 radical (unpaired) electrons. The van der Waals surface area contributed by atoms with Gasteiger partial charge in [0.15, 0.2) is 0 Å². The van der Waals surface area contributed by atoms with Crippen LogP contribution in [-0.4, -0.2) is 56.6 Å².